The van der Waals surface area contributed by atoms with Crippen LogP contribution < -0.4 is 17.2 Å². The third-order valence-corrected chi connectivity index (χ3v) is 11.9. The summed E-state index contributed by atoms with van der Waals surface area (Å²) in [4.78, 5) is 70.8. The highest BCUT2D eigenvalue weighted by Crippen LogP contribution is 2.50. The Morgan fingerprint density at radius 2 is 1.05 bits per heavy atom. The Morgan fingerprint density at radius 3 is 1.48 bits per heavy atom. The monoisotopic (exact) mass is 921 g/mol. The first-order chi connectivity index (χ1) is 30.1. The maximum absolute atomic E-state index is 12.0. The summed E-state index contributed by atoms with van der Waals surface area (Å²) in [7, 11) is 0. The number of halogens is 3. The fourth-order valence-corrected chi connectivity index (χ4v) is 7.78. The van der Waals surface area contributed by atoms with E-state index in [9.17, 15) is 19.2 Å². The average Bonchev–Trinajstić information content (AvgIpc) is 4.21. The number of nitrogens with zero attached hydrogens (tertiary/aromatic N) is 6. The number of nitrogens with two attached hydrogens (primary N) is 3. The van der Waals surface area contributed by atoms with Gasteiger partial charge in [0.05, 0.1) is 50.3 Å². The van der Waals surface area contributed by atoms with Crippen LogP contribution in [0.25, 0.3) is 0 Å². The Labute approximate surface area is 387 Å². The second-order valence-electron chi connectivity index (χ2n) is 15.5. The predicted octanol–water partition coefficient (Wildman–Crippen LogP) is 8.21. The highest BCUT2D eigenvalue weighted by molar-refractivity contribution is 6.32. The van der Waals surface area contributed by atoms with E-state index in [2.05, 4.69) is 29.9 Å². The number of carbonyl (C=O) groups is 4. The zero-order valence-corrected chi connectivity index (χ0v) is 37.1. The maximum Gasteiger partial charge on any atom is 0.228 e. The molecule has 0 spiro atoms. The molecule has 2 aromatic carbocycles. The third kappa shape index (κ3) is 12.1. The summed E-state index contributed by atoms with van der Waals surface area (Å²) >= 11 is 18.3. The van der Waals surface area contributed by atoms with Gasteiger partial charge in [-0.25, -0.2) is 19.9 Å². The first-order valence-electron chi connectivity index (χ1n) is 20.2. The number of hydrogen-bond donors (Lipinski definition) is 3. The van der Waals surface area contributed by atoms with Crippen LogP contribution in [0.5, 0.6) is 0 Å². The molecule has 0 aliphatic heterocycles. The van der Waals surface area contributed by atoms with Gasteiger partial charge >= 0.3 is 0 Å². The summed E-state index contributed by atoms with van der Waals surface area (Å²) in [6.07, 6.45) is 12.7. The van der Waals surface area contributed by atoms with Gasteiger partial charge in [0.15, 0.2) is 11.6 Å². The van der Waals surface area contributed by atoms with E-state index in [1.807, 2.05) is 54.6 Å². The Morgan fingerprint density at radius 1 is 0.578 bits per heavy atom. The van der Waals surface area contributed by atoms with Gasteiger partial charge in [-0.1, -0.05) is 85.2 Å². The van der Waals surface area contributed by atoms with Crippen LogP contribution in [-0.4, -0.2) is 53.3 Å². The van der Waals surface area contributed by atoms with Crippen molar-refractivity contribution in [1.29, 1.82) is 0 Å². The number of ketones is 2. The van der Waals surface area contributed by atoms with Gasteiger partial charge in [0.2, 0.25) is 17.1 Å². The van der Waals surface area contributed by atoms with Crippen molar-refractivity contribution in [1.82, 2.24) is 29.9 Å². The number of anilines is 1. The summed E-state index contributed by atoms with van der Waals surface area (Å²) in [6, 6.07) is 22.7. The summed E-state index contributed by atoms with van der Waals surface area (Å²) < 4.78 is 0. The molecule has 0 bridgehead atoms. The fourth-order valence-electron chi connectivity index (χ4n) is 7.25. The number of amides is 2. The number of primary amides is 2. The lowest BCUT2D eigenvalue weighted by Gasteiger charge is -2.16. The molecule has 0 atom stereocenters. The van der Waals surface area contributed by atoms with Crippen molar-refractivity contribution in [2.45, 2.75) is 89.9 Å². The molecule has 6 aromatic rings. The van der Waals surface area contributed by atoms with Gasteiger partial charge in [-0.15, -0.1) is 0 Å². The molecule has 64 heavy (non-hydrogen) atoms. The van der Waals surface area contributed by atoms with Crippen LogP contribution in [0.1, 0.15) is 113 Å². The van der Waals surface area contributed by atoms with Crippen molar-refractivity contribution in [3.63, 3.8) is 0 Å². The van der Waals surface area contributed by atoms with Crippen molar-refractivity contribution in [3.05, 3.63) is 169 Å². The quantitative estimate of drug-likeness (QED) is 0.0697. The molecule has 16 heteroatoms. The molecular weight excluding hydrogens is 873 g/mol. The van der Waals surface area contributed by atoms with Crippen LogP contribution in [0.15, 0.2) is 97.6 Å². The van der Waals surface area contributed by atoms with Crippen LogP contribution >= 0.6 is 34.8 Å². The third-order valence-electron chi connectivity index (χ3n) is 11.1. The number of nitrogen functional groups attached to an aromatic ring is 1. The van der Waals surface area contributed by atoms with E-state index in [1.54, 1.807) is 30.6 Å². The molecule has 8 rings (SSSR count). The molecule has 2 amide bonds. The van der Waals surface area contributed by atoms with Gasteiger partial charge in [0.25, 0.3) is 0 Å². The Balaban J connectivity index is 0.000000203. The van der Waals surface area contributed by atoms with Crippen LogP contribution in [0, 0.1) is 0 Å². The lowest BCUT2D eigenvalue weighted by atomic mass is 9.88. The van der Waals surface area contributed by atoms with Crippen molar-refractivity contribution in [2.24, 2.45) is 11.5 Å². The van der Waals surface area contributed by atoms with Gasteiger partial charge in [-0.2, -0.15) is 0 Å². The number of benzene rings is 2. The van der Waals surface area contributed by atoms with Gasteiger partial charge in [-0.3, -0.25) is 29.1 Å². The zero-order valence-electron chi connectivity index (χ0n) is 34.8. The normalized spacial score (nSPS) is 13.7. The standard InChI is InChI=1S/C24H23ClN4O2.C16H15Cl2N3O.C7H8N2O.CH4/c1-15(30)20-8-6-16(13-27-20)12-22-28-14-19(25)21(29-22)9-7-17-4-2-3-5-18(17)24(10-11-24)23(26)31;17-12-9-20-15(18)21-13(12)6-5-10-3-1-2-4-11(10)16(7-8-16)14(19)22;1-5(10)7-3-2-6(8)4-9-7;/h2-6,8,13-14H,7,9-12H2,1H3,(H2,26,31);1-4,9H,5-8H2,(H2,19,22);2-4H,8H2,1H3;1H4. The summed E-state index contributed by atoms with van der Waals surface area (Å²) in [5, 5.41) is 1.20. The van der Waals surface area contributed by atoms with Crippen molar-refractivity contribution < 1.29 is 19.2 Å². The molecule has 6 N–H and O–H groups in total. The van der Waals surface area contributed by atoms with Crippen LogP contribution in [0.2, 0.25) is 15.3 Å². The number of hydrogen-bond acceptors (Lipinski definition) is 11. The summed E-state index contributed by atoms with van der Waals surface area (Å²) in [5.74, 6) is 0.0248. The molecule has 332 valence electrons. The van der Waals surface area contributed by atoms with Crippen molar-refractivity contribution in [2.75, 3.05) is 5.73 Å². The SMILES string of the molecule is C.CC(=O)c1ccc(Cc2ncc(Cl)c(CCc3ccccc3C3(C(N)=O)CC3)n2)cn1.CC(=O)c1ccc(N)cn1.NC(=O)C1(c2ccccc2CCc2nc(Cl)ncc2Cl)CC1. The van der Waals surface area contributed by atoms with E-state index >= 15 is 0 Å². The fraction of sp³-hybridized carbons (Fsp3) is 0.292. The molecule has 4 heterocycles. The van der Waals surface area contributed by atoms with E-state index in [0.29, 0.717) is 64.3 Å². The minimum atomic E-state index is -0.518. The summed E-state index contributed by atoms with van der Waals surface area (Å²) in [6.45, 7) is 2.96. The molecule has 0 saturated heterocycles. The maximum atomic E-state index is 12.0. The first-order valence-corrected chi connectivity index (χ1v) is 21.4. The van der Waals surface area contributed by atoms with E-state index in [4.69, 9.17) is 52.0 Å². The lowest BCUT2D eigenvalue weighted by molar-refractivity contribution is -0.121. The second-order valence-corrected chi connectivity index (χ2v) is 16.7. The van der Waals surface area contributed by atoms with Crippen molar-refractivity contribution in [3.8, 4) is 0 Å². The van der Waals surface area contributed by atoms with Gasteiger partial charge < -0.3 is 17.2 Å². The lowest BCUT2D eigenvalue weighted by Crippen LogP contribution is -2.29. The molecule has 2 fully saturated rings. The van der Waals surface area contributed by atoms with E-state index in [-0.39, 0.29) is 36.1 Å². The molecule has 2 saturated carbocycles. The van der Waals surface area contributed by atoms with Gasteiger partial charge in [0.1, 0.15) is 17.2 Å². The Bertz CT molecular complexity index is 2640. The minimum Gasteiger partial charge on any atom is -0.397 e. The van der Waals surface area contributed by atoms with E-state index in [0.717, 1.165) is 65.6 Å². The number of Topliss-reactive ketones (excluding diaryl/α,β-unsaturated/α-hetero) is 2. The second kappa shape index (κ2) is 21.5. The number of aryl methyl sites for hydroxylation is 4. The molecule has 13 nitrogen and oxygen atoms in total. The number of aromatic nitrogens is 6. The Hall–Kier alpha value is -6.15. The molecule has 0 radical (unpaired) electrons. The van der Waals surface area contributed by atoms with Crippen LogP contribution in [0.4, 0.5) is 5.69 Å². The number of pyridine rings is 2. The number of rotatable bonds is 14. The molecule has 2 aliphatic rings. The predicted molar refractivity (Wildman–Crippen MR) is 249 cm³/mol. The molecule has 0 unspecified atom stereocenters. The molecule has 4 aromatic heterocycles. The summed E-state index contributed by atoms with van der Waals surface area (Å²) in [5.41, 5.74) is 23.7. The minimum absolute atomic E-state index is 0. The van der Waals surface area contributed by atoms with E-state index in [1.165, 1.54) is 26.2 Å². The topological polar surface area (TPSA) is 224 Å². The highest BCUT2D eigenvalue weighted by Gasteiger charge is 2.51. The van der Waals surface area contributed by atoms with E-state index < -0.39 is 10.8 Å². The smallest absolute Gasteiger partial charge is 0.228 e. The number of carbonyl (C=O) groups excluding carboxylic acids is 4. The first kappa shape index (κ1) is 48.9. The van der Waals surface area contributed by atoms with Crippen molar-refractivity contribution >= 4 is 63.9 Å². The molecular formula is C48H50Cl3N9O4. The van der Waals surface area contributed by atoms with Crippen LogP contribution in [-0.2, 0) is 52.5 Å². The highest BCUT2D eigenvalue weighted by atomic mass is 35.5. The van der Waals surface area contributed by atoms with Gasteiger partial charge in [0, 0.05) is 32.7 Å². The zero-order chi connectivity index (χ0) is 45.3. The Kier molecular flexibility index (Phi) is 16.4. The van der Waals surface area contributed by atoms with Gasteiger partial charge in [-0.05, 0) is 109 Å². The van der Waals surface area contributed by atoms with Crippen LogP contribution in [0.3, 0.4) is 0 Å². The average molecular weight is 923 g/mol. The molecule has 2 aliphatic carbocycles. The largest absolute Gasteiger partial charge is 0.397 e.